The smallest absolute Gasteiger partial charge is 0.338 e. The van der Waals surface area contributed by atoms with Gasteiger partial charge in [0.05, 0.1) is 5.56 Å². The molecule has 0 amide bonds. The van der Waals surface area contributed by atoms with E-state index >= 15 is 0 Å². The van der Waals surface area contributed by atoms with Gasteiger partial charge < -0.3 is 9.15 Å². The summed E-state index contributed by atoms with van der Waals surface area (Å²) in [5, 5.41) is 0.799. The van der Waals surface area contributed by atoms with Gasteiger partial charge in [0.2, 0.25) is 5.78 Å². The molecule has 0 aliphatic rings. The highest BCUT2D eigenvalue weighted by atomic mass is 19.2. The predicted molar refractivity (Wildman–Crippen MR) is 81.9 cm³/mol. The summed E-state index contributed by atoms with van der Waals surface area (Å²) in [4.78, 5) is 24.0. The molecule has 2 aromatic carbocycles. The molecule has 0 N–H and O–H groups in total. The van der Waals surface area contributed by atoms with Crippen molar-refractivity contribution in [3.63, 3.8) is 0 Å². The Kier molecular flexibility index (Phi) is 4.12. The number of halogens is 2. The summed E-state index contributed by atoms with van der Waals surface area (Å²) in [6.07, 6.45) is 0. The van der Waals surface area contributed by atoms with Crippen molar-refractivity contribution in [3.8, 4) is 0 Å². The Labute approximate surface area is 135 Å². The van der Waals surface area contributed by atoms with Crippen LogP contribution in [-0.4, -0.2) is 18.4 Å². The number of carbonyl (C=O) groups excluding carboxylic acids is 2. The first-order valence-electron chi connectivity index (χ1n) is 7.11. The minimum Gasteiger partial charge on any atom is -0.454 e. The van der Waals surface area contributed by atoms with Crippen molar-refractivity contribution in [1.29, 1.82) is 0 Å². The van der Waals surface area contributed by atoms with Gasteiger partial charge in [-0.05, 0) is 31.2 Å². The minimum absolute atomic E-state index is 0.106. The highest BCUT2D eigenvalue weighted by Crippen LogP contribution is 2.25. The van der Waals surface area contributed by atoms with Gasteiger partial charge in [-0.1, -0.05) is 18.2 Å². The summed E-state index contributed by atoms with van der Waals surface area (Å²) in [5.41, 5.74) is 1.03. The van der Waals surface area contributed by atoms with E-state index in [4.69, 9.17) is 9.15 Å². The Bertz CT molecular complexity index is 943. The molecule has 24 heavy (non-hydrogen) atoms. The van der Waals surface area contributed by atoms with E-state index in [0.29, 0.717) is 17.2 Å². The van der Waals surface area contributed by atoms with Gasteiger partial charge >= 0.3 is 5.97 Å². The highest BCUT2D eigenvalue weighted by molar-refractivity contribution is 6.02. The van der Waals surface area contributed by atoms with Gasteiger partial charge in [0.25, 0.3) is 0 Å². The third-order valence-electron chi connectivity index (χ3n) is 3.59. The molecule has 0 aliphatic heterocycles. The molecule has 0 saturated carbocycles. The maximum Gasteiger partial charge on any atom is 0.338 e. The summed E-state index contributed by atoms with van der Waals surface area (Å²) in [5.74, 6) is -3.56. The van der Waals surface area contributed by atoms with Gasteiger partial charge in [-0.2, -0.15) is 0 Å². The normalized spacial score (nSPS) is 10.8. The third-order valence-corrected chi connectivity index (χ3v) is 3.59. The van der Waals surface area contributed by atoms with Crippen LogP contribution in [-0.2, 0) is 4.74 Å². The summed E-state index contributed by atoms with van der Waals surface area (Å²) in [6.45, 7) is 1.18. The van der Waals surface area contributed by atoms with Crippen LogP contribution in [0, 0.1) is 18.6 Å². The molecule has 4 nitrogen and oxygen atoms in total. The molecule has 0 fully saturated rings. The summed E-state index contributed by atoms with van der Waals surface area (Å²) in [7, 11) is 0. The van der Waals surface area contributed by atoms with E-state index in [1.54, 1.807) is 19.1 Å². The van der Waals surface area contributed by atoms with Crippen LogP contribution in [0.4, 0.5) is 8.78 Å². The number of benzene rings is 2. The van der Waals surface area contributed by atoms with Gasteiger partial charge in [0, 0.05) is 10.9 Å². The van der Waals surface area contributed by atoms with Crippen LogP contribution in [0.5, 0.6) is 0 Å². The lowest BCUT2D eigenvalue weighted by Crippen LogP contribution is -2.14. The highest BCUT2D eigenvalue weighted by Gasteiger charge is 2.19. The fourth-order valence-electron chi connectivity index (χ4n) is 2.34. The number of rotatable bonds is 4. The summed E-state index contributed by atoms with van der Waals surface area (Å²) < 4.78 is 36.3. The minimum atomic E-state index is -1.16. The van der Waals surface area contributed by atoms with Crippen molar-refractivity contribution in [2.45, 2.75) is 6.92 Å². The Morgan fingerprint density at radius 1 is 1.08 bits per heavy atom. The number of hydrogen-bond acceptors (Lipinski definition) is 4. The number of esters is 1. The van der Waals surface area contributed by atoms with Gasteiger partial charge in [0.1, 0.15) is 5.58 Å². The quantitative estimate of drug-likeness (QED) is 0.535. The van der Waals surface area contributed by atoms with Gasteiger partial charge in [-0.15, -0.1) is 0 Å². The van der Waals surface area contributed by atoms with E-state index < -0.39 is 30.0 Å². The zero-order chi connectivity index (χ0) is 17.3. The van der Waals surface area contributed by atoms with Crippen molar-refractivity contribution in [2.24, 2.45) is 0 Å². The molecule has 6 heteroatoms. The number of fused-ring (bicyclic) bond motifs is 1. The van der Waals surface area contributed by atoms with E-state index in [1.807, 2.05) is 12.1 Å². The first-order chi connectivity index (χ1) is 11.5. The lowest BCUT2D eigenvalue weighted by molar-refractivity contribution is 0.0467. The van der Waals surface area contributed by atoms with Crippen molar-refractivity contribution in [3.05, 3.63) is 71.0 Å². The zero-order valence-electron chi connectivity index (χ0n) is 12.6. The maximum absolute atomic E-state index is 13.1. The largest absolute Gasteiger partial charge is 0.454 e. The Morgan fingerprint density at radius 3 is 2.54 bits per heavy atom. The molecule has 0 saturated heterocycles. The Morgan fingerprint density at radius 2 is 1.83 bits per heavy atom. The van der Waals surface area contributed by atoms with Gasteiger partial charge in [-0.25, -0.2) is 13.6 Å². The number of carbonyl (C=O) groups is 2. The number of aryl methyl sites for hydroxylation is 1. The van der Waals surface area contributed by atoms with Crippen molar-refractivity contribution >= 4 is 22.7 Å². The van der Waals surface area contributed by atoms with Crippen molar-refractivity contribution in [2.75, 3.05) is 6.61 Å². The van der Waals surface area contributed by atoms with E-state index in [1.165, 1.54) is 0 Å². The van der Waals surface area contributed by atoms with E-state index in [2.05, 4.69) is 0 Å². The predicted octanol–water partition coefficient (Wildman–Crippen LogP) is 4.06. The Balaban J connectivity index is 1.73. The molecule has 3 aromatic rings. The molecule has 0 atom stereocenters. The van der Waals surface area contributed by atoms with Crippen LogP contribution in [0.2, 0.25) is 0 Å². The fourth-order valence-corrected chi connectivity index (χ4v) is 2.34. The topological polar surface area (TPSA) is 56.5 Å². The van der Waals surface area contributed by atoms with Crippen LogP contribution in [0.3, 0.4) is 0 Å². The number of Topliss-reactive ketones (excluding diaryl/α,β-unsaturated/α-hetero) is 1. The molecule has 0 unspecified atom stereocenters. The number of ketones is 1. The SMILES string of the molecule is Cc1c(C(=O)COC(=O)c2ccc(F)c(F)c2)oc2ccccc12. The molecular weight excluding hydrogens is 318 g/mol. The molecule has 0 bridgehead atoms. The van der Waals surface area contributed by atoms with Crippen molar-refractivity contribution < 1.29 is 27.5 Å². The number of ether oxygens (including phenoxy) is 1. The average molecular weight is 330 g/mol. The van der Waals surface area contributed by atoms with Gasteiger partial charge in [-0.3, -0.25) is 4.79 Å². The first kappa shape index (κ1) is 15.9. The van der Waals surface area contributed by atoms with Crippen LogP contribution >= 0.6 is 0 Å². The number of para-hydroxylation sites is 1. The third kappa shape index (κ3) is 2.90. The summed E-state index contributed by atoms with van der Waals surface area (Å²) >= 11 is 0. The molecule has 1 aromatic heterocycles. The number of furan rings is 1. The molecule has 0 aliphatic carbocycles. The van der Waals surface area contributed by atoms with E-state index in [9.17, 15) is 18.4 Å². The zero-order valence-corrected chi connectivity index (χ0v) is 12.6. The second-order valence-electron chi connectivity index (χ2n) is 5.18. The molecule has 0 radical (unpaired) electrons. The maximum atomic E-state index is 13.1. The summed E-state index contributed by atoms with van der Waals surface area (Å²) in [6, 6.07) is 9.76. The van der Waals surface area contributed by atoms with Gasteiger partial charge in [0.15, 0.2) is 24.0 Å². The van der Waals surface area contributed by atoms with E-state index in [-0.39, 0.29) is 11.3 Å². The fraction of sp³-hybridized carbons (Fsp3) is 0.111. The monoisotopic (exact) mass is 330 g/mol. The first-order valence-corrected chi connectivity index (χ1v) is 7.11. The second-order valence-corrected chi connectivity index (χ2v) is 5.18. The molecule has 0 spiro atoms. The van der Waals surface area contributed by atoms with E-state index in [0.717, 1.165) is 17.5 Å². The van der Waals surface area contributed by atoms with Crippen LogP contribution in [0.25, 0.3) is 11.0 Å². The van der Waals surface area contributed by atoms with Crippen LogP contribution < -0.4 is 0 Å². The molecule has 3 rings (SSSR count). The molecular formula is C18H12F2O4. The number of hydrogen-bond donors (Lipinski definition) is 0. The van der Waals surface area contributed by atoms with Crippen molar-refractivity contribution in [1.82, 2.24) is 0 Å². The second kappa shape index (κ2) is 6.23. The average Bonchev–Trinajstić information content (AvgIpc) is 2.92. The lowest BCUT2D eigenvalue weighted by Gasteiger charge is -2.04. The molecule has 122 valence electrons. The standard InChI is InChI=1S/C18H12F2O4/c1-10-12-4-2-3-5-16(12)24-17(10)15(21)9-23-18(22)11-6-7-13(19)14(20)8-11/h2-8H,9H2,1H3. The molecule has 1 heterocycles. The van der Waals surface area contributed by atoms with Crippen LogP contribution in [0.15, 0.2) is 46.9 Å². The lowest BCUT2D eigenvalue weighted by atomic mass is 10.1. The van der Waals surface area contributed by atoms with Crippen LogP contribution in [0.1, 0.15) is 26.5 Å². The Hall–Kier alpha value is -3.02.